The molecule has 0 bridgehead atoms. The van der Waals surface area contributed by atoms with E-state index in [0.29, 0.717) is 22.6 Å². The standard InChI is InChI=1S/C20H21BrClN3O3/c1-11-13(16(19(26)27-5)28-20(2,3)4)17(22)25-18(23-11)14(21)15(24-25)12-9-7-6-8-10-12/h6-10,16H,1-5H3. The summed E-state index contributed by atoms with van der Waals surface area (Å²) in [4.78, 5) is 17.1. The van der Waals surface area contributed by atoms with Gasteiger partial charge in [0.2, 0.25) is 0 Å². The highest BCUT2D eigenvalue weighted by atomic mass is 79.9. The van der Waals surface area contributed by atoms with Crippen molar-refractivity contribution >= 4 is 39.1 Å². The van der Waals surface area contributed by atoms with Crippen LogP contribution in [0.5, 0.6) is 0 Å². The summed E-state index contributed by atoms with van der Waals surface area (Å²) in [5, 5.41) is 4.87. The molecule has 1 aromatic carbocycles. The molecule has 0 fully saturated rings. The molecule has 6 nitrogen and oxygen atoms in total. The summed E-state index contributed by atoms with van der Waals surface area (Å²) in [6, 6.07) is 9.71. The highest BCUT2D eigenvalue weighted by Gasteiger charge is 2.33. The van der Waals surface area contributed by atoms with Gasteiger partial charge >= 0.3 is 5.97 Å². The highest BCUT2D eigenvalue weighted by Crippen LogP contribution is 2.37. The first kappa shape index (κ1) is 20.8. The van der Waals surface area contributed by atoms with Gasteiger partial charge in [0.25, 0.3) is 0 Å². The molecule has 148 valence electrons. The van der Waals surface area contributed by atoms with Crippen molar-refractivity contribution in [2.24, 2.45) is 0 Å². The molecule has 3 aromatic rings. The summed E-state index contributed by atoms with van der Waals surface area (Å²) < 4.78 is 13.1. The van der Waals surface area contributed by atoms with E-state index in [0.717, 1.165) is 10.0 Å². The average molecular weight is 467 g/mol. The van der Waals surface area contributed by atoms with Crippen molar-refractivity contribution in [2.45, 2.75) is 39.4 Å². The summed E-state index contributed by atoms with van der Waals surface area (Å²) >= 11 is 10.3. The second-order valence-electron chi connectivity index (χ2n) is 7.30. The van der Waals surface area contributed by atoms with Crippen molar-refractivity contribution in [3.8, 4) is 11.3 Å². The van der Waals surface area contributed by atoms with E-state index in [1.54, 1.807) is 6.92 Å². The molecule has 0 amide bonds. The lowest BCUT2D eigenvalue weighted by Gasteiger charge is -2.27. The number of aromatic nitrogens is 3. The number of hydrogen-bond donors (Lipinski definition) is 0. The molecule has 0 aliphatic rings. The fourth-order valence-electron chi connectivity index (χ4n) is 2.87. The van der Waals surface area contributed by atoms with Crippen molar-refractivity contribution in [3.05, 3.63) is 51.2 Å². The van der Waals surface area contributed by atoms with Crippen LogP contribution in [0.1, 0.15) is 38.1 Å². The minimum atomic E-state index is -1.02. The van der Waals surface area contributed by atoms with Crippen LogP contribution in [0.3, 0.4) is 0 Å². The Bertz CT molecular complexity index is 1030. The third kappa shape index (κ3) is 3.92. The highest BCUT2D eigenvalue weighted by molar-refractivity contribution is 9.10. The Morgan fingerprint density at radius 2 is 1.89 bits per heavy atom. The molecule has 0 aliphatic carbocycles. The smallest absolute Gasteiger partial charge is 0.339 e. The predicted molar refractivity (Wildman–Crippen MR) is 111 cm³/mol. The lowest BCUT2D eigenvalue weighted by Crippen LogP contribution is -2.29. The van der Waals surface area contributed by atoms with Crippen LogP contribution in [0.25, 0.3) is 16.9 Å². The molecule has 0 radical (unpaired) electrons. The molecular formula is C20H21BrClN3O3. The van der Waals surface area contributed by atoms with Gasteiger partial charge in [-0.3, -0.25) is 0 Å². The average Bonchev–Trinajstić information content (AvgIpc) is 2.97. The maximum absolute atomic E-state index is 12.5. The Balaban J connectivity index is 2.23. The van der Waals surface area contributed by atoms with Gasteiger partial charge in [-0.2, -0.15) is 5.10 Å². The molecule has 1 unspecified atom stereocenters. The molecule has 2 aromatic heterocycles. The zero-order valence-electron chi connectivity index (χ0n) is 16.3. The fourth-order valence-corrected chi connectivity index (χ4v) is 3.79. The monoisotopic (exact) mass is 465 g/mol. The first-order chi connectivity index (χ1) is 13.1. The van der Waals surface area contributed by atoms with Crippen LogP contribution in [0, 0.1) is 6.92 Å². The van der Waals surface area contributed by atoms with Gasteiger partial charge < -0.3 is 9.47 Å². The van der Waals surface area contributed by atoms with Gasteiger partial charge in [0.1, 0.15) is 10.8 Å². The molecule has 0 saturated carbocycles. The zero-order valence-corrected chi connectivity index (χ0v) is 18.6. The number of rotatable bonds is 4. The Morgan fingerprint density at radius 3 is 2.46 bits per heavy atom. The van der Waals surface area contributed by atoms with Gasteiger partial charge in [-0.05, 0) is 43.6 Å². The van der Waals surface area contributed by atoms with Crippen molar-refractivity contribution in [3.63, 3.8) is 0 Å². The molecule has 0 saturated heterocycles. The Kier molecular flexibility index (Phi) is 5.79. The normalized spacial score (nSPS) is 13.0. The topological polar surface area (TPSA) is 65.7 Å². The maximum atomic E-state index is 12.5. The van der Waals surface area contributed by atoms with E-state index in [1.807, 2.05) is 51.1 Å². The number of aryl methyl sites for hydroxylation is 1. The molecule has 1 atom stereocenters. The van der Waals surface area contributed by atoms with Crippen LogP contribution in [-0.2, 0) is 14.3 Å². The predicted octanol–water partition coefficient (Wildman–Crippen LogP) is 5.15. The SMILES string of the molecule is COC(=O)C(OC(C)(C)C)c1c(C)nc2c(Br)c(-c3ccccc3)nn2c1Cl. The number of benzene rings is 1. The van der Waals surface area contributed by atoms with Crippen LogP contribution >= 0.6 is 27.5 Å². The molecular weight excluding hydrogens is 446 g/mol. The second kappa shape index (κ2) is 7.81. The summed E-state index contributed by atoms with van der Waals surface area (Å²) in [6.07, 6.45) is -1.02. The lowest BCUT2D eigenvalue weighted by molar-refractivity contribution is -0.164. The van der Waals surface area contributed by atoms with Crippen molar-refractivity contribution in [1.29, 1.82) is 0 Å². The number of fused-ring (bicyclic) bond motifs is 1. The molecule has 8 heteroatoms. The minimum Gasteiger partial charge on any atom is -0.467 e. The van der Waals surface area contributed by atoms with E-state index >= 15 is 0 Å². The number of methoxy groups -OCH3 is 1. The molecule has 28 heavy (non-hydrogen) atoms. The fraction of sp³-hybridized carbons (Fsp3) is 0.350. The number of carbonyl (C=O) groups is 1. The van der Waals surface area contributed by atoms with E-state index in [4.69, 9.17) is 21.1 Å². The van der Waals surface area contributed by atoms with Gasteiger partial charge in [-0.25, -0.2) is 14.3 Å². The van der Waals surface area contributed by atoms with Gasteiger partial charge in [0.15, 0.2) is 11.8 Å². The quantitative estimate of drug-likeness (QED) is 0.393. The largest absolute Gasteiger partial charge is 0.467 e. The van der Waals surface area contributed by atoms with Gasteiger partial charge in [-0.15, -0.1) is 0 Å². The summed E-state index contributed by atoms with van der Waals surface area (Å²) in [5.41, 5.74) is 2.60. The number of hydrogen-bond acceptors (Lipinski definition) is 5. The molecule has 3 rings (SSSR count). The van der Waals surface area contributed by atoms with Gasteiger partial charge in [-0.1, -0.05) is 41.9 Å². The van der Waals surface area contributed by atoms with Crippen LogP contribution in [0.2, 0.25) is 5.15 Å². The van der Waals surface area contributed by atoms with Gasteiger partial charge in [0.05, 0.1) is 22.7 Å². The summed E-state index contributed by atoms with van der Waals surface area (Å²) in [5.74, 6) is -0.546. The Morgan fingerprint density at radius 1 is 1.25 bits per heavy atom. The number of esters is 1. The van der Waals surface area contributed by atoms with Gasteiger partial charge in [0, 0.05) is 11.3 Å². The Labute approximate surface area is 176 Å². The molecule has 2 heterocycles. The first-order valence-electron chi connectivity index (χ1n) is 8.69. The van der Waals surface area contributed by atoms with E-state index in [-0.39, 0.29) is 5.15 Å². The van der Waals surface area contributed by atoms with Crippen molar-refractivity contribution < 1.29 is 14.3 Å². The van der Waals surface area contributed by atoms with E-state index in [1.165, 1.54) is 11.6 Å². The van der Waals surface area contributed by atoms with E-state index < -0.39 is 17.7 Å². The number of carbonyl (C=O) groups excluding carboxylic acids is 1. The number of halogens is 2. The molecule has 0 aliphatic heterocycles. The van der Waals surface area contributed by atoms with Crippen molar-refractivity contribution in [1.82, 2.24) is 14.6 Å². The number of ether oxygens (including phenoxy) is 2. The lowest BCUT2D eigenvalue weighted by atomic mass is 10.1. The third-order valence-corrected chi connectivity index (χ3v) is 5.17. The molecule has 0 spiro atoms. The van der Waals surface area contributed by atoms with E-state index in [9.17, 15) is 4.79 Å². The number of nitrogens with zero attached hydrogens (tertiary/aromatic N) is 3. The minimum absolute atomic E-state index is 0.255. The molecule has 0 N–H and O–H groups in total. The van der Waals surface area contributed by atoms with Crippen LogP contribution in [-0.4, -0.2) is 33.3 Å². The maximum Gasteiger partial charge on any atom is 0.339 e. The second-order valence-corrected chi connectivity index (χ2v) is 8.45. The first-order valence-corrected chi connectivity index (χ1v) is 9.86. The van der Waals surface area contributed by atoms with Crippen LogP contribution < -0.4 is 0 Å². The van der Waals surface area contributed by atoms with Crippen molar-refractivity contribution in [2.75, 3.05) is 7.11 Å². The summed E-state index contributed by atoms with van der Waals surface area (Å²) in [7, 11) is 1.31. The van der Waals surface area contributed by atoms with E-state index in [2.05, 4.69) is 26.0 Å². The van der Waals surface area contributed by atoms with Crippen LogP contribution in [0.4, 0.5) is 0 Å². The zero-order chi connectivity index (χ0) is 20.6. The summed E-state index contributed by atoms with van der Waals surface area (Å²) in [6.45, 7) is 7.35. The third-order valence-electron chi connectivity index (χ3n) is 4.07. The Hall–Kier alpha value is -1.96. The van der Waals surface area contributed by atoms with Crippen LogP contribution in [0.15, 0.2) is 34.8 Å².